The van der Waals surface area contributed by atoms with Crippen LogP contribution in [0.25, 0.3) is 0 Å². The maximum absolute atomic E-state index is 5.88. The number of hydrogen-bond donors (Lipinski definition) is 1. The van der Waals surface area contributed by atoms with Crippen molar-refractivity contribution < 1.29 is 9.47 Å². The topological polar surface area (TPSA) is 30.5 Å². The van der Waals surface area contributed by atoms with E-state index in [9.17, 15) is 0 Å². The van der Waals surface area contributed by atoms with E-state index in [0.717, 1.165) is 30.9 Å². The lowest BCUT2D eigenvalue weighted by atomic mass is 10.0. The summed E-state index contributed by atoms with van der Waals surface area (Å²) in [6, 6.07) is 6.78. The van der Waals surface area contributed by atoms with Gasteiger partial charge in [-0.3, -0.25) is 0 Å². The molecule has 0 aromatic heterocycles. The molecule has 1 aromatic rings. The van der Waals surface area contributed by atoms with Gasteiger partial charge in [-0.25, -0.2) is 0 Å². The molecule has 1 heterocycles. The molecule has 0 aliphatic carbocycles. The molecule has 1 N–H and O–H groups in total. The second-order valence-electron chi connectivity index (χ2n) is 4.56. The highest BCUT2D eigenvalue weighted by Gasteiger charge is 2.22. The molecule has 17 heavy (non-hydrogen) atoms. The van der Waals surface area contributed by atoms with Crippen LogP contribution in [0, 0.1) is 0 Å². The SMILES string of the molecule is CCc1ccc(OC)c(C2CNC(C)CO2)c1. The van der Waals surface area contributed by atoms with Crippen LogP contribution in [0.5, 0.6) is 5.75 Å². The molecular formula is C14H21NO2. The summed E-state index contributed by atoms with van der Waals surface area (Å²) in [4.78, 5) is 0. The average molecular weight is 235 g/mol. The monoisotopic (exact) mass is 235 g/mol. The summed E-state index contributed by atoms with van der Waals surface area (Å²) < 4.78 is 11.3. The van der Waals surface area contributed by atoms with E-state index in [0.29, 0.717) is 6.04 Å². The Morgan fingerprint density at radius 2 is 2.29 bits per heavy atom. The predicted octanol–water partition coefficient (Wildman–Crippen LogP) is 2.31. The summed E-state index contributed by atoms with van der Waals surface area (Å²) in [5.74, 6) is 0.920. The third-order valence-corrected chi connectivity index (χ3v) is 3.25. The van der Waals surface area contributed by atoms with Crippen LogP contribution in [0.1, 0.15) is 31.1 Å². The van der Waals surface area contributed by atoms with Crippen molar-refractivity contribution in [2.75, 3.05) is 20.3 Å². The first-order chi connectivity index (χ1) is 8.24. The number of methoxy groups -OCH3 is 1. The lowest BCUT2D eigenvalue weighted by molar-refractivity contribution is 0.00569. The molecule has 0 saturated carbocycles. The van der Waals surface area contributed by atoms with Crippen molar-refractivity contribution in [2.24, 2.45) is 0 Å². The third-order valence-electron chi connectivity index (χ3n) is 3.25. The molecule has 0 bridgehead atoms. The van der Waals surface area contributed by atoms with Gasteiger partial charge >= 0.3 is 0 Å². The highest BCUT2D eigenvalue weighted by molar-refractivity contribution is 5.39. The van der Waals surface area contributed by atoms with Crippen LogP contribution in [-0.4, -0.2) is 26.3 Å². The summed E-state index contributed by atoms with van der Waals surface area (Å²) in [7, 11) is 1.71. The van der Waals surface area contributed by atoms with Crippen molar-refractivity contribution in [3.8, 4) is 5.75 Å². The van der Waals surface area contributed by atoms with Crippen LogP contribution in [0.4, 0.5) is 0 Å². The number of ether oxygens (including phenoxy) is 2. The second kappa shape index (κ2) is 5.52. The first-order valence-electron chi connectivity index (χ1n) is 6.26. The van der Waals surface area contributed by atoms with E-state index in [1.165, 1.54) is 5.56 Å². The Bertz CT molecular complexity index is 370. The van der Waals surface area contributed by atoms with Gasteiger partial charge in [0.25, 0.3) is 0 Å². The fourth-order valence-corrected chi connectivity index (χ4v) is 2.14. The molecule has 1 saturated heterocycles. The Labute approximate surface area is 103 Å². The lowest BCUT2D eigenvalue weighted by Gasteiger charge is -2.29. The molecule has 2 atom stereocenters. The van der Waals surface area contributed by atoms with Gasteiger partial charge in [0.15, 0.2) is 0 Å². The van der Waals surface area contributed by atoms with E-state index in [1.54, 1.807) is 7.11 Å². The predicted molar refractivity (Wildman–Crippen MR) is 68.5 cm³/mol. The van der Waals surface area contributed by atoms with Crippen LogP contribution in [-0.2, 0) is 11.2 Å². The van der Waals surface area contributed by atoms with Crippen molar-refractivity contribution in [2.45, 2.75) is 32.4 Å². The minimum Gasteiger partial charge on any atom is -0.496 e. The van der Waals surface area contributed by atoms with Crippen LogP contribution in [0.15, 0.2) is 18.2 Å². The highest BCUT2D eigenvalue weighted by atomic mass is 16.5. The zero-order valence-electron chi connectivity index (χ0n) is 10.8. The Hall–Kier alpha value is -1.06. The maximum Gasteiger partial charge on any atom is 0.124 e. The fourth-order valence-electron chi connectivity index (χ4n) is 2.14. The van der Waals surface area contributed by atoms with Gasteiger partial charge in [-0.15, -0.1) is 0 Å². The van der Waals surface area contributed by atoms with E-state index < -0.39 is 0 Å². The smallest absolute Gasteiger partial charge is 0.124 e. The minimum atomic E-state index is 0.104. The quantitative estimate of drug-likeness (QED) is 0.872. The molecule has 2 unspecified atom stereocenters. The second-order valence-corrected chi connectivity index (χ2v) is 4.56. The number of rotatable bonds is 3. The molecule has 94 valence electrons. The summed E-state index contributed by atoms with van der Waals surface area (Å²) in [5.41, 5.74) is 2.48. The summed E-state index contributed by atoms with van der Waals surface area (Å²) in [5, 5.41) is 3.44. The Kier molecular flexibility index (Phi) is 4.02. The molecule has 1 fully saturated rings. The number of morpholine rings is 1. The van der Waals surface area contributed by atoms with Crippen molar-refractivity contribution in [1.82, 2.24) is 5.32 Å². The van der Waals surface area contributed by atoms with Gasteiger partial charge in [-0.2, -0.15) is 0 Å². The Morgan fingerprint density at radius 1 is 1.47 bits per heavy atom. The summed E-state index contributed by atoms with van der Waals surface area (Å²) in [6.45, 7) is 5.90. The van der Waals surface area contributed by atoms with Crippen LogP contribution in [0.3, 0.4) is 0 Å². The largest absolute Gasteiger partial charge is 0.496 e. The standard InChI is InChI=1S/C14H21NO2/c1-4-11-5-6-13(16-3)12(7-11)14-8-15-10(2)9-17-14/h5-7,10,14-15H,4,8-9H2,1-3H3. The number of benzene rings is 1. The van der Waals surface area contributed by atoms with Gasteiger partial charge in [0, 0.05) is 18.2 Å². The Balaban J connectivity index is 2.23. The minimum absolute atomic E-state index is 0.104. The lowest BCUT2D eigenvalue weighted by Crippen LogP contribution is -2.40. The summed E-state index contributed by atoms with van der Waals surface area (Å²) >= 11 is 0. The van der Waals surface area contributed by atoms with Crippen molar-refractivity contribution in [1.29, 1.82) is 0 Å². The molecule has 0 amide bonds. The van der Waals surface area contributed by atoms with Crippen molar-refractivity contribution >= 4 is 0 Å². The molecule has 1 aromatic carbocycles. The number of nitrogens with one attached hydrogen (secondary N) is 1. The van der Waals surface area contributed by atoms with Gasteiger partial charge in [-0.1, -0.05) is 13.0 Å². The van der Waals surface area contributed by atoms with Crippen LogP contribution >= 0.6 is 0 Å². The summed E-state index contributed by atoms with van der Waals surface area (Å²) in [6.07, 6.45) is 1.14. The number of aryl methyl sites for hydroxylation is 1. The van der Waals surface area contributed by atoms with E-state index in [1.807, 2.05) is 6.07 Å². The molecule has 0 radical (unpaired) electrons. The van der Waals surface area contributed by atoms with Crippen molar-refractivity contribution in [3.63, 3.8) is 0 Å². The molecule has 0 spiro atoms. The van der Waals surface area contributed by atoms with Crippen LogP contribution in [0.2, 0.25) is 0 Å². The maximum atomic E-state index is 5.88. The highest BCUT2D eigenvalue weighted by Crippen LogP contribution is 2.30. The van der Waals surface area contributed by atoms with E-state index in [-0.39, 0.29) is 6.10 Å². The molecule has 1 aliphatic heterocycles. The molecule has 1 aliphatic rings. The van der Waals surface area contributed by atoms with Gasteiger partial charge < -0.3 is 14.8 Å². The molecule has 3 heteroatoms. The number of hydrogen-bond acceptors (Lipinski definition) is 3. The Morgan fingerprint density at radius 3 is 2.88 bits per heavy atom. The first kappa shape index (κ1) is 12.4. The van der Waals surface area contributed by atoms with E-state index in [2.05, 4.69) is 31.3 Å². The van der Waals surface area contributed by atoms with Gasteiger partial charge in [-0.05, 0) is 31.0 Å². The zero-order valence-corrected chi connectivity index (χ0v) is 10.8. The van der Waals surface area contributed by atoms with Gasteiger partial charge in [0.2, 0.25) is 0 Å². The fraction of sp³-hybridized carbons (Fsp3) is 0.571. The van der Waals surface area contributed by atoms with Crippen LogP contribution < -0.4 is 10.1 Å². The normalized spacial score (nSPS) is 24.6. The van der Waals surface area contributed by atoms with Gasteiger partial charge in [0.1, 0.15) is 5.75 Å². The zero-order chi connectivity index (χ0) is 12.3. The van der Waals surface area contributed by atoms with Crippen molar-refractivity contribution in [3.05, 3.63) is 29.3 Å². The molecule has 2 rings (SSSR count). The molecular weight excluding hydrogens is 214 g/mol. The third kappa shape index (κ3) is 2.79. The van der Waals surface area contributed by atoms with Gasteiger partial charge in [0.05, 0.1) is 19.8 Å². The average Bonchev–Trinajstić information content (AvgIpc) is 2.39. The molecule has 3 nitrogen and oxygen atoms in total. The van der Waals surface area contributed by atoms with E-state index in [4.69, 9.17) is 9.47 Å². The van der Waals surface area contributed by atoms with E-state index >= 15 is 0 Å². The first-order valence-corrected chi connectivity index (χ1v) is 6.26.